The molecule has 1 saturated heterocycles. The molecule has 0 bridgehead atoms. The maximum Gasteiger partial charge on any atom is 0.227 e. The van der Waals surface area contributed by atoms with Gasteiger partial charge in [-0.25, -0.2) is 0 Å². The third kappa shape index (κ3) is 3.34. The fraction of sp³-hybridized carbons (Fsp3) is 0.938. The van der Waals surface area contributed by atoms with E-state index in [2.05, 4.69) is 17.6 Å². The Labute approximate surface area is 122 Å². The van der Waals surface area contributed by atoms with E-state index < -0.39 is 0 Å². The average Bonchev–Trinajstić information content (AvgIpc) is 2.54. The van der Waals surface area contributed by atoms with Crippen molar-refractivity contribution in [2.45, 2.75) is 58.3 Å². The first-order valence-corrected chi connectivity index (χ1v) is 8.26. The SMILES string of the molecule is CCC1(C(=O)NCC2(CO)CCCCC2)CCCNC1. The summed E-state index contributed by atoms with van der Waals surface area (Å²) >= 11 is 0. The lowest BCUT2D eigenvalue weighted by Gasteiger charge is -2.39. The van der Waals surface area contributed by atoms with Gasteiger partial charge in [0.2, 0.25) is 5.91 Å². The predicted octanol–water partition coefficient (Wildman–Crippen LogP) is 1.83. The summed E-state index contributed by atoms with van der Waals surface area (Å²) in [6.07, 6.45) is 8.65. The zero-order valence-electron chi connectivity index (χ0n) is 12.8. The van der Waals surface area contributed by atoms with Crippen LogP contribution >= 0.6 is 0 Å². The summed E-state index contributed by atoms with van der Waals surface area (Å²) in [6, 6.07) is 0. The first-order chi connectivity index (χ1) is 9.66. The number of rotatable bonds is 5. The molecule has 20 heavy (non-hydrogen) atoms. The van der Waals surface area contributed by atoms with Crippen molar-refractivity contribution in [2.24, 2.45) is 10.8 Å². The van der Waals surface area contributed by atoms with Crippen LogP contribution in [0.5, 0.6) is 0 Å². The van der Waals surface area contributed by atoms with Crippen LogP contribution in [-0.4, -0.2) is 37.3 Å². The van der Waals surface area contributed by atoms with Crippen molar-refractivity contribution >= 4 is 5.91 Å². The summed E-state index contributed by atoms with van der Waals surface area (Å²) in [6.45, 7) is 4.76. The lowest BCUT2D eigenvalue weighted by Crippen LogP contribution is -2.52. The van der Waals surface area contributed by atoms with Crippen molar-refractivity contribution in [2.75, 3.05) is 26.2 Å². The number of amides is 1. The molecule has 2 fully saturated rings. The van der Waals surface area contributed by atoms with Gasteiger partial charge in [-0.15, -0.1) is 0 Å². The molecule has 0 radical (unpaired) electrons. The number of piperidine rings is 1. The molecule has 0 spiro atoms. The predicted molar refractivity (Wildman–Crippen MR) is 80.4 cm³/mol. The van der Waals surface area contributed by atoms with E-state index in [1.807, 2.05) is 0 Å². The van der Waals surface area contributed by atoms with Gasteiger partial charge in [0.1, 0.15) is 0 Å². The smallest absolute Gasteiger partial charge is 0.227 e. The molecule has 2 aliphatic rings. The summed E-state index contributed by atoms with van der Waals surface area (Å²) in [5.41, 5.74) is -0.297. The van der Waals surface area contributed by atoms with E-state index in [0.29, 0.717) is 6.54 Å². The molecular formula is C16H30N2O2. The van der Waals surface area contributed by atoms with Crippen LogP contribution in [0.1, 0.15) is 58.3 Å². The summed E-state index contributed by atoms with van der Waals surface area (Å²) in [7, 11) is 0. The van der Waals surface area contributed by atoms with Crippen LogP contribution < -0.4 is 10.6 Å². The fourth-order valence-electron chi connectivity index (χ4n) is 3.77. The molecule has 1 aliphatic carbocycles. The molecule has 2 rings (SSSR count). The van der Waals surface area contributed by atoms with Gasteiger partial charge in [0.15, 0.2) is 0 Å². The highest BCUT2D eigenvalue weighted by Gasteiger charge is 2.39. The van der Waals surface area contributed by atoms with Crippen LogP contribution in [-0.2, 0) is 4.79 Å². The van der Waals surface area contributed by atoms with Crippen molar-refractivity contribution < 1.29 is 9.90 Å². The molecule has 1 atom stereocenters. The molecule has 4 heteroatoms. The van der Waals surface area contributed by atoms with Gasteiger partial charge in [-0.05, 0) is 38.6 Å². The molecule has 1 heterocycles. The van der Waals surface area contributed by atoms with Gasteiger partial charge in [0, 0.05) is 18.5 Å². The Bertz CT molecular complexity index is 318. The number of hydrogen-bond donors (Lipinski definition) is 3. The molecule has 1 amide bonds. The number of aliphatic hydroxyl groups is 1. The van der Waals surface area contributed by atoms with Gasteiger partial charge in [-0.3, -0.25) is 4.79 Å². The number of nitrogens with one attached hydrogen (secondary N) is 2. The lowest BCUT2D eigenvalue weighted by molar-refractivity contribution is -0.133. The summed E-state index contributed by atoms with van der Waals surface area (Å²) in [4.78, 5) is 12.6. The third-order valence-electron chi connectivity index (χ3n) is 5.50. The normalized spacial score (nSPS) is 29.9. The van der Waals surface area contributed by atoms with E-state index in [1.54, 1.807) is 0 Å². The van der Waals surface area contributed by atoms with Gasteiger partial charge in [-0.1, -0.05) is 26.2 Å². The van der Waals surface area contributed by atoms with Gasteiger partial charge >= 0.3 is 0 Å². The zero-order chi connectivity index (χ0) is 14.5. The van der Waals surface area contributed by atoms with E-state index in [0.717, 1.165) is 45.2 Å². The van der Waals surface area contributed by atoms with E-state index >= 15 is 0 Å². The number of aliphatic hydroxyl groups excluding tert-OH is 1. The Morgan fingerprint density at radius 1 is 1.20 bits per heavy atom. The Hall–Kier alpha value is -0.610. The Balaban J connectivity index is 1.92. The van der Waals surface area contributed by atoms with Crippen LogP contribution in [0.2, 0.25) is 0 Å². The molecule has 0 aromatic rings. The minimum absolute atomic E-state index is 0.0645. The maximum atomic E-state index is 12.6. The highest BCUT2D eigenvalue weighted by Crippen LogP contribution is 2.36. The Morgan fingerprint density at radius 2 is 1.95 bits per heavy atom. The topological polar surface area (TPSA) is 61.4 Å². The molecule has 3 N–H and O–H groups in total. The second kappa shape index (κ2) is 6.90. The molecule has 1 saturated carbocycles. The molecule has 1 aliphatic heterocycles. The van der Waals surface area contributed by atoms with Gasteiger partial charge in [-0.2, -0.15) is 0 Å². The van der Waals surface area contributed by atoms with Gasteiger partial charge in [0.05, 0.1) is 12.0 Å². The van der Waals surface area contributed by atoms with Crippen LogP contribution in [0.15, 0.2) is 0 Å². The van der Waals surface area contributed by atoms with Crippen LogP contribution in [0.3, 0.4) is 0 Å². The van der Waals surface area contributed by atoms with Crippen LogP contribution in [0.4, 0.5) is 0 Å². The molecule has 0 aromatic heterocycles. The second-order valence-electron chi connectivity index (χ2n) is 6.82. The third-order valence-corrected chi connectivity index (χ3v) is 5.50. The average molecular weight is 282 g/mol. The van der Waals surface area contributed by atoms with Crippen LogP contribution in [0.25, 0.3) is 0 Å². The first-order valence-electron chi connectivity index (χ1n) is 8.26. The molecular weight excluding hydrogens is 252 g/mol. The summed E-state index contributed by atoms with van der Waals surface area (Å²) in [5, 5.41) is 16.2. The van der Waals surface area contributed by atoms with Crippen molar-refractivity contribution in [1.29, 1.82) is 0 Å². The summed E-state index contributed by atoms with van der Waals surface area (Å²) < 4.78 is 0. The van der Waals surface area contributed by atoms with Crippen molar-refractivity contribution in [1.82, 2.24) is 10.6 Å². The lowest BCUT2D eigenvalue weighted by atomic mass is 9.73. The minimum atomic E-state index is -0.233. The largest absolute Gasteiger partial charge is 0.396 e. The van der Waals surface area contributed by atoms with Crippen LogP contribution in [0, 0.1) is 10.8 Å². The molecule has 116 valence electrons. The molecule has 1 unspecified atom stereocenters. The van der Waals surface area contributed by atoms with Gasteiger partial charge < -0.3 is 15.7 Å². The fourth-order valence-corrected chi connectivity index (χ4v) is 3.77. The quantitative estimate of drug-likeness (QED) is 0.721. The Morgan fingerprint density at radius 3 is 2.50 bits per heavy atom. The van der Waals surface area contributed by atoms with Gasteiger partial charge in [0.25, 0.3) is 0 Å². The summed E-state index contributed by atoms with van der Waals surface area (Å²) in [5.74, 6) is 0.186. The monoisotopic (exact) mass is 282 g/mol. The Kier molecular flexibility index (Phi) is 5.44. The van der Waals surface area contributed by atoms with E-state index in [-0.39, 0.29) is 23.3 Å². The van der Waals surface area contributed by atoms with Crippen molar-refractivity contribution in [3.8, 4) is 0 Å². The standard InChI is InChI=1S/C16H30N2O2/c1-2-16(9-6-10-17-12-16)14(20)18-11-15(13-19)7-4-3-5-8-15/h17,19H,2-13H2,1H3,(H,18,20). The highest BCUT2D eigenvalue weighted by molar-refractivity contribution is 5.83. The molecule has 4 nitrogen and oxygen atoms in total. The number of carbonyl (C=O) groups is 1. The van der Waals surface area contributed by atoms with E-state index in [4.69, 9.17) is 0 Å². The second-order valence-corrected chi connectivity index (χ2v) is 6.82. The zero-order valence-corrected chi connectivity index (χ0v) is 12.8. The maximum absolute atomic E-state index is 12.6. The van der Waals surface area contributed by atoms with Crippen molar-refractivity contribution in [3.63, 3.8) is 0 Å². The number of hydrogen-bond acceptors (Lipinski definition) is 3. The highest BCUT2D eigenvalue weighted by atomic mass is 16.3. The number of carbonyl (C=O) groups excluding carboxylic acids is 1. The first kappa shape index (κ1) is 15.8. The molecule has 0 aromatic carbocycles. The van der Waals surface area contributed by atoms with Crippen molar-refractivity contribution in [3.05, 3.63) is 0 Å². The minimum Gasteiger partial charge on any atom is -0.396 e. The van der Waals surface area contributed by atoms with E-state index in [1.165, 1.54) is 19.3 Å². The van der Waals surface area contributed by atoms with E-state index in [9.17, 15) is 9.90 Å².